The monoisotopic (exact) mass is 315 g/mol. The summed E-state index contributed by atoms with van der Waals surface area (Å²) in [6, 6.07) is 5.63. The second-order valence-electron chi connectivity index (χ2n) is 3.69. The highest BCUT2D eigenvalue weighted by Crippen LogP contribution is 2.24. The molecule has 0 aliphatic rings. The van der Waals surface area contributed by atoms with Crippen molar-refractivity contribution in [3.05, 3.63) is 28.2 Å². The van der Waals surface area contributed by atoms with E-state index in [0.29, 0.717) is 13.2 Å². The van der Waals surface area contributed by atoms with E-state index >= 15 is 0 Å². The highest BCUT2D eigenvalue weighted by Gasteiger charge is 2.10. The first-order chi connectivity index (χ1) is 8.67. The molecule has 0 bridgehead atoms. The fraction of sp³-hybridized carbons (Fsp3) is 0.462. The Bertz CT molecular complexity index is 396. The molecule has 1 N–H and O–H groups in total. The zero-order valence-electron chi connectivity index (χ0n) is 10.7. The molecule has 1 aromatic carbocycles. The molecule has 0 saturated heterocycles. The van der Waals surface area contributed by atoms with Gasteiger partial charge in [0, 0.05) is 16.6 Å². The Morgan fingerprint density at radius 1 is 1.44 bits per heavy atom. The number of hydrogen-bond acceptors (Lipinski definition) is 4. The average molecular weight is 316 g/mol. The Balaban J connectivity index is 2.73. The lowest BCUT2D eigenvalue weighted by Gasteiger charge is -2.11. The predicted molar refractivity (Wildman–Crippen MR) is 73.9 cm³/mol. The fourth-order valence-electron chi connectivity index (χ4n) is 1.46. The first kappa shape index (κ1) is 15.0. The first-order valence-corrected chi connectivity index (χ1v) is 6.68. The van der Waals surface area contributed by atoms with Gasteiger partial charge in [-0.1, -0.05) is 15.9 Å². The minimum Gasteiger partial charge on any atom is -0.492 e. The van der Waals surface area contributed by atoms with Crippen LogP contribution in [0.1, 0.15) is 12.5 Å². The van der Waals surface area contributed by atoms with Crippen molar-refractivity contribution in [1.82, 2.24) is 5.32 Å². The summed E-state index contributed by atoms with van der Waals surface area (Å²) in [6.45, 7) is 3.51. The molecule has 0 atom stereocenters. The van der Waals surface area contributed by atoms with Gasteiger partial charge in [0.15, 0.2) is 0 Å². The van der Waals surface area contributed by atoms with Crippen molar-refractivity contribution in [3.8, 4) is 5.75 Å². The second-order valence-corrected chi connectivity index (χ2v) is 4.60. The van der Waals surface area contributed by atoms with Crippen molar-refractivity contribution in [1.29, 1.82) is 0 Å². The highest BCUT2D eigenvalue weighted by atomic mass is 79.9. The topological polar surface area (TPSA) is 47.6 Å². The number of rotatable bonds is 7. The minimum absolute atomic E-state index is 0.224. The lowest BCUT2D eigenvalue weighted by molar-refractivity contribution is -0.142. The van der Waals surface area contributed by atoms with E-state index in [4.69, 9.17) is 9.47 Å². The van der Waals surface area contributed by atoms with Crippen LogP contribution in [0.15, 0.2) is 22.7 Å². The maximum Gasteiger partial charge on any atom is 0.310 e. The second kappa shape index (κ2) is 8.11. The lowest BCUT2D eigenvalue weighted by Crippen LogP contribution is -2.17. The van der Waals surface area contributed by atoms with Crippen LogP contribution >= 0.6 is 15.9 Å². The Kier molecular flexibility index (Phi) is 6.75. The molecule has 4 nitrogen and oxygen atoms in total. The van der Waals surface area contributed by atoms with Crippen LogP contribution in [0.2, 0.25) is 0 Å². The summed E-state index contributed by atoms with van der Waals surface area (Å²) in [5.74, 6) is 0.482. The van der Waals surface area contributed by atoms with E-state index in [2.05, 4.69) is 21.2 Å². The summed E-state index contributed by atoms with van der Waals surface area (Å²) in [4.78, 5) is 11.5. The van der Waals surface area contributed by atoms with Gasteiger partial charge in [-0.25, -0.2) is 0 Å². The summed E-state index contributed by atoms with van der Waals surface area (Å²) >= 11 is 3.39. The molecule has 0 amide bonds. The predicted octanol–water partition coefficient (Wildman–Crippen LogP) is 2.15. The molecule has 5 heteroatoms. The largest absolute Gasteiger partial charge is 0.492 e. The van der Waals surface area contributed by atoms with E-state index in [1.165, 1.54) is 0 Å². The van der Waals surface area contributed by atoms with Crippen LogP contribution in [0, 0.1) is 0 Å². The number of carbonyl (C=O) groups is 1. The van der Waals surface area contributed by atoms with E-state index in [1.54, 1.807) is 6.92 Å². The molecule has 0 fully saturated rings. The SMILES string of the molecule is CCOC(=O)Cc1cc(Br)ccc1OCCNC. The molecule has 0 spiro atoms. The molecule has 0 radical (unpaired) electrons. The van der Waals surface area contributed by atoms with Crippen LogP contribution in [-0.4, -0.2) is 32.8 Å². The van der Waals surface area contributed by atoms with Crippen molar-refractivity contribution >= 4 is 21.9 Å². The third-order valence-electron chi connectivity index (χ3n) is 2.27. The zero-order chi connectivity index (χ0) is 13.4. The summed E-state index contributed by atoms with van der Waals surface area (Å²) in [6.07, 6.45) is 0.224. The van der Waals surface area contributed by atoms with Crippen LogP contribution in [0.5, 0.6) is 5.75 Å². The highest BCUT2D eigenvalue weighted by molar-refractivity contribution is 9.10. The van der Waals surface area contributed by atoms with Gasteiger partial charge in [0.05, 0.1) is 13.0 Å². The number of esters is 1. The maximum atomic E-state index is 11.5. The van der Waals surface area contributed by atoms with Crippen LogP contribution < -0.4 is 10.1 Å². The third kappa shape index (κ3) is 5.06. The Morgan fingerprint density at radius 2 is 2.22 bits per heavy atom. The van der Waals surface area contributed by atoms with E-state index in [9.17, 15) is 4.79 Å². The number of halogens is 1. The van der Waals surface area contributed by atoms with Crippen molar-refractivity contribution < 1.29 is 14.3 Å². The van der Waals surface area contributed by atoms with E-state index < -0.39 is 0 Å². The van der Waals surface area contributed by atoms with E-state index in [1.807, 2.05) is 25.2 Å². The molecule has 0 heterocycles. The number of likely N-dealkylation sites (N-methyl/N-ethyl adjacent to an activating group) is 1. The molecule has 1 aromatic rings. The maximum absolute atomic E-state index is 11.5. The molecule has 0 aromatic heterocycles. The van der Waals surface area contributed by atoms with Crippen LogP contribution in [-0.2, 0) is 16.0 Å². The molecule has 18 heavy (non-hydrogen) atoms. The summed E-state index contributed by atoms with van der Waals surface area (Å²) < 4.78 is 11.5. The van der Waals surface area contributed by atoms with Gasteiger partial charge in [-0.15, -0.1) is 0 Å². The third-order valence-corrected chi connectivity index (χ3v) is 2.77. The smallest absolute Gasteiger partial charge is 0.310 e. The molecule has 0 saturated carbocycles. The van der Waals surface area contributed by atoms with Crippen molar-refractivity contribution in [2.24, 2.45) is 0 Å². The molecule has 0 unspecified atom stereocenters. The molecule has 0 aliphatic heterocycles. The summed E-state index contributed by atoms with van der Waals surface area (Å²) in [5, 5.41) is 3.00. The minimum atomic E-state index is -0.242. The van der Waals surface area contributed by atoms with Crippen LogP contribution in [0.3, 0.4) is 0 Å². The lowest BCUT2D eigenvalue weighted by atomic mass is 10.1. The van der Waals surface area contributed by atoms with Crippen LogP contribution in [0.4, 0.5) is 0 Å². The Morgan fingerprint density at radius 3 is 2.89 bits per heavy atom. The van der Waals surface area contributed by atoms with Crippen LogP contribution in [0.25, 0.3) is 0 Å². The number of benzene rings is 1. The molecular weight excluding hydrogens is 298 g/mol. The Labute approximate surface area is 116 Å². The van der Waals surface area contributed by atoms with Crippen molar-refractivity contribution in [2.45, 2.75) is 13.3 Å². The van der Waals surface area contributed by atoms with Gasteiger partial charge in [0.1, 0.15) is 12.4 Å². The summed E-state index contributed by atoms with van der Waals surface area (Å²) in [7, 11) is 1.87. The number of ether oxygens (including phenoxy) is 2. The van der Waals surface area contributed by atoms with E-state index in [0.717, 1.165) is 22.3 Å². The zero-order valence-corrected chi connectivity index (χ0v) is 12.2. The first-order valence-electron chi connectivity index (χ1n) is 5.88. The van der Waals surface area contributed by atoms with Gasteiger partial charge in [-0.2, -0.15) is 0 Å². The Hall–Kier alpha value is -1.07. The average Bonchev–Trinajstić information content (AvgIpc) is 2.32. The van der Waals surface area contributed by atoms with Crippen molar-refractivity contribution in [2.75, 3.05) is 26.8 Å². The van der Waals surface area contributed by atoms with Gasteiger partial charge >= 0.3 is 5.97 Å². The normalized spacial score (nSPS) is 10.2. The summed E-state index contributed by atoms with van der Waals surface area (Å²) in [5.41, 5.74) is 0.832. The molecular formula is C13H18BrNO3. The van der Waals surface area contributed by atoms with E-state index in [-0.39, 0.29) is 12.4 Å². The molecule has 100 valence electrons. The standard InChI is InChI=1S/C13H18BrNO3/c1-3-17-13(16)9-10-8-11(14)4-5-12(10)18-7-6-15-2/h4-5,8,15H,3,6-7,9H2,1-2H3. The number of hydrogen-bond donors (Lipinski definition) is 1. The van der Waals surface area contributed by atoms with Gasteiger partial charge in [0.25, 0.3) is 0 Å². The van der Waals surface area contributed by atoms with Gasteiger partial charge in [0.2, 0.25) is 0 Å². The quantitative estimate of drug-likeness (QED) is 0.618. The number of carbonyl (C=O) groups excluding carboxylic acids is 1. The van der Waals surface area contributed by atoms with Gasteiger partial charge in [-0.3, -0.25) is 4.79 Å². The van der Waals surface area contributed by atoms with Gasteiger partial charge in [-0.05, 0) is 32.2 Å². The van der Waals surface area contributed by atoms with Crippen molar-refractivity contribution in [3.63, 3.8) is 0 Å². The number of nitrogens with one attached hydrogen (secondary N) is 1. The molecule has 0 aliphatic carbocycles. The fourth-order valence-corrected chi connectivity index (χ4v) is 1.87. The van der Waals surface area contributed by atoms with Gasteiger partial charge < -0.3 is 14.8 Å². The molecule has 1 rings (SSSR count).